The van der Waals surface area contributed by atoms with E-state index in [1.54, 1.807) is 0 Å². The second-order valence-corrected chi connectivity index (χ2v) is 8.60. The summed E-state index contributed by atoms with van der Waals surface area (Å²) in [4.78, 5) is 15.3. The SMILES string of the molecule is Cc1oc2c(C3CCN(C)CC3O)c(O)cc(O)c2c(=O)c1C(O)c1c(F)cccc1Cl. The van der Waals surface area contributed by atoms with E-state index in [1.165, 1.54) is 19.1 Å². The highest BCUT2D eigenvalue weighted by Crippen LogP contribution is 2.43. The van der Waals surface area contributed by atoms with Crippen molar-refractivity contribution >= 4 is 22.6 Å². The molecule has 3 unspecified atom stereocenters. The van der Waals surface area contributed by atoms with Crippen molar-refractivity contribution in [3.63, 3.8) is 0 Å². The molecule has 0 bridgehead atoms. The molecule has 1 aromatic heterocycles. The molecule has 1 saturated heterocycles. The van der Waals surface area contributed by atoms with Crippen LogP contribution in [0.1, 0.15) is 40.9 Å². The summed E-state index contributed by atoms with van der Waals surface area (Å²) in [6.45, 7) is 2.43. The molecule has 0 amide bonds. The third-order valence-corrected chi connectivity index (χ3v) is 6.42. The van der Waals surface area contributed by atoms with Crippen LogP contribution in [0.25, 0.3) is 11.0 Å². The average molecular weight is 464 g/mol. The predicted octanol–water partition coefficient (Wildman–Crippen LogP) is 3.17. The number of phenolic OH excluding ortho intramolecular Hbond substituents is 2. The first-order chi connectivity index (χ1) is 15.1. The number of fused-ring (bicyclic) bond motifs is 1. The third-order valence-electron chi connectivity index (χ3n) is 6.09. The van der Waals surface area contributed by atoms with Crippen molar-refractivity contribution in [3.05, 3.63) is 67.8 Å². The number of likely N-dealkylation sites (N-methyl/N-ethyl adjacent to an activating group) is 1. The van der Waals surface area contributed by atoms with Gasteiger partial charge >= 0.3 is 0 Å². The third kappa shape index (κ3) is 3.63. The molecule has 1 aliphatic rings. The van der Waals surface area contributed by atoms with Crippen LogP contribution in [0.3, 0.4) is 0 Å². The van der Waals surface area contributed by atoms with Gasteiger partial charge in [-0.1, -0.05) is 17.7 Å². The number of rotatable bonds is 3. The number of nitrogens with zero attached hydrogens (tertiary/aromatic N) is 1. The van der Waals surface area contributed by atoms with Gasteiger partial charge in [-0.3, -0.25) is 4.79 Å². The smallest absolute Gasteiger partial charge is 0.202 e. The molecule has 170 valence electrons. The van der Waals surface area contributed by atoms with Crippen molar-refractivity contribution in [2.24, 2.45) is 0 Å². The van der Waals surface area contributed by atoms with E-state index in [0.29, 0.717) is 19.5 Å². The van der Waals surface area contributed by atoms with Crippen molar-refractivity contribution in [1.82, 2.24) is 4.90 Å². The van der Waals surface area contributed by atoms with Gasteiger partial charge in [-0.25, -0.2) is 4.39 Å². The number of hydrogen-bond acceptors (Lipinski definition) is 7. The van der Waals surface area contributed by atoms with Crippen LogP contribution in [-0.4, -0.2) is 51.6 Å². The average Bonchev–Trinajstić information content (AvgIpc) is 2.68. The van der Waals surface area contributed by atoms with Crippen LogP contribution in [0.2, 0.25) is 5.02 Å². The Bertz CT molecular complexity index is 1240. The fourth-order valence-electron chi connectivity index (χ4n) is 4.49. The van der Waals surface area contributed by atoms with Gasteiger partial charge in [-0.15, -0.1) is 0 Å². The summed E-state index contributed by atoms with van der Waals surface area (Å²) in [5.41, 5.74) is -1.21. The molecule has 4 rings (SSSR count). The van der Waals surface area contributed by atoms with Crippen LogP contribution in [0.5, 0.6) is 11.5 Å². The Morgan fingerprint density at radius 1 is 1.25 bits per heavy atom. The zero-order valence-electron chi connectivity index (χ0n) is 17.5. The number of aliphatic hydroxyl groups is 2. The highest BCUT2D eigenvalue weighted by molar-refractivity contribution is 6.31. The molecule has 0 spiro atoms. The van der Waals surface area contributed by atoms with Crippen molar-refractivity contribution < 1.29 is 29.2 Å². The summed E-state index contributed by atoms with van der Waals surface area (Å²) in [6.07, 6.45) is -2.08. The first-order valence-corrected chi connectivity index (χ1v) is 10.5. The van der Waals surface area contributed by atoms with Gasteiger partial charge < -0.3 is 29.7 Å². The Morgan fingerprint density at radius 2 is 1.97 bits per heavy atom. The number of likely N-dealkylation sites (tertiary alicyclic amines) is 1. The number of β-amino-alcohol motifs (C(OH)–C–C–N with tert-alkyl or cyclic N) is 1. The fourth-order valence-corrected chi connectivity index (χ4v) is 4.76. The van der Waals surface area contributed by atoms with E-state index >= 15 is 0 Å². The number of halogens is 2. The maximum absolute atomic E-state index is 14.4. The van der Waals surface area contributed by atoms with E-state index in [-0.39, 0.29) is 44.2 Å². The summed E-state index contributed by atoms with van der Waals surface area (Å²) in [5, 5.41) is 42.2. The molecule has 3 atom stereocenters. The highest BCUT2D eigenvalue weighted by Gasteiger charge is 2.34. The standard InChI is InChI=1S/C23H23ClFNO6/c1-10-17(21(30)19-12(24)4-3-5-13(19)25)22(31)20-15(28)8-14(27)18(23(20)32-10)11-6-7-26(2)9-16(11)29/h3-5,8,11,16,21,27-30H,6-7,9H2,1-2H3. The lowest BCUT2D eigenvalue weighted by Gasteiger charge is -2.34. The molecule has 2 heterocycles. The minimum Gasteiger partial charge on any atom is -0.507 e. The van der Waals surface area contributed by atoms with Gasteiger partial charge in [0.1, 0.15) is 40.1 Å². The normalized spacial score (nSPS) is 20.6. The van der Waals surface area contributed by atoms with Gasteiger partial charge in [0.05, 0.1) is 11.7 Å². The molecule has 0 radical (unpaired) electrons. The molecule has 2 aromatic carbocycles. The first-order valence-electron chi connectivity index (χ1n) is 10.1. The second-order valence-electron chi connectivity index (χ2n) is 8.20. The van der Waals surface area contributed by atoms with Crippen LogP contribution in [0.4, 0.5) is 4.39 Å². The molecule has 4 N–H and O–H groups in total. The number of aliphatic hydroxyl groups excluding tert-OH is 2. The van der Waals surface area contributed by atoms with Crippen LogP contribution >= 0.6 is 11.6 Å². The molecule has 7 nitrogen and oxygen atoms in total. The van der Waals surface area contributed by atoms with E-state index in [9.17, 15) is 29.6 Å². The zero-order chi connectivity index (χ0) is 23.3. The highest BCUT2D eigenvalue weighted by atomic mass is 35.5. The number of benzene rings is 2. The number of aryl methyl sites for hydroxylation is 1. The van der Waals surface area contributed by atoms with E-state index in [1.807, 2.05) is 11.9 Å². The van der Waals surface area contributed by atoms with Gasteiger partial charge in [0.25, 0.3) is 0 Å². The lowest BCUT2D eigenvalue weighted by molar-refractivity contribution is 0.0630. The lowest BCUT2D eigenvalue weighted by Crippen LogP contribution is -2.40. The van der Waals surface area contributed by atoms with E-state index in [4.69, 9.17) is 16.0 Å². The Morgan fingerprint density at radius 3 is 2.62 bits per heavy atom. The molecule has 0 aliphatic carbocycles. The van der Waals surface area contributed by atoms with Gasteiger partial charge in [-0.05, 0) is 39.1 Å². The quantitative estimate of drug-likeness (QED) is 0.471. The fraction of sp³-hybridized carbons (Fsp3) is 0.348. The van der Waals surface area contributed by atoms with Crippen molar-refractivity contribution in [3.8, 4) is 11.5 Å². The molecule has 1 fully saturated rings. The van der Waals surface area contributed by atoms with E-state index in [0.717, 1.165) is 12.1 Å². The van der Waals surface area contributed by atoms with E-state index < -0.39 is 35.1 Å². The summed E-state index contributed by atoms with van der Waals surface area (Å²) in [5.74, 6) is -2.22. The minimum atomic E-state index is -1.74. The maximum Gasteiger partial charge on any atom is 0.202 e. The second kappa shape index (κ2) is 8.37. The van der Waals surface area contributed by atoms with Crippen LogP contribution in [0, 0.1) is 12.7 Å². The first kappa shape index (κ1) is 22.5. The summed E-state index contributed by atoms with van der Waals surface area (Å²) < 4.78 is 20.2. The van der Waals surface area contributed by atoms with Crippen LogP contribution in [0.15, 0.2) is 33.5 Å². The monoisotopic (exact) mass is 463 g/mol. The molecular weight excluding hydrogens is 441 g/mol. The maximum atomic E-state index is 14.4. The number of aromatic hydroxyl groups is 2. The van der Waals surface area contributed by atoms with Crippen LogP contribution < -0.4 is 5.43 Å². The Balaban J connectivity index is 1.96. The molecule has 3 aromatic rings. The van der Waals surface area contributed by atoms with Gasteiger partial charge in [-0.2, -0.15) is 0 Å². The molecule has 0 saturated carbocycles. The van der Waals surface area contributed by atoms with Crippen LogP contribution in [-0.2, 0) is 0 Å². The van der Waals surface area contributed by atoms with Gasteiger partial charge in [0.2, 0.25) is 5.43 Å². The Hall–Kier alpha value is -2.65. The minimum absolute atomic E-state index is 0.0250. The van der Waals surface area contributed by atoms with Crippen molar-refractivity contribution in [2.45, 2.75) is 31.5 Å². The lowest BCUT2D eigenvalue weighted by atomic mass is 9.85. The number of piperidine rings is 1. The zero-order valence-corrected chi connectivity index (χ0v) is 18.2. The Labute approximate surface area is 187 Å². The summed E-state index contributed by atoms with van der Waals surface area (Å²) in [6, 6.07) is 4.88. The van der Waals surface area contributed by atoms with Crippen molar-refractivity contribution in [1.29, 1.82) is 0 Å². The van der Waals surface area contributed by atoms with E-state index in [2.05, 4.69) is 0 Å². The predicted molar refractivity (Wildman–Crippen MR) is 117 cm³/mol. The molecule has 32 heavy (non-hydrogen) atoms. The molecule has 9 heteroatoms. The molecular formula is C23H23ClFNO6. The molecule has 1 aliphatic heterocycles. The largest absolute Gasteiger partial charge is 0.507 e. The number of phenols is 2. The van der Waals surface area contributed by atoms with Gasteiger partial charge in [0, 0.05) is 34.7 Å². The van der Waals surface area contributed by atoms with Gasteiger partial charge in [0.15, 0.2) is 0 Å². The summed E-state index contributed by atoms with van der Waals surface area (Å²) >= 11 is 6.06. The topological polar surface area (TPSA) is 114 Å². The summed E-state index contributed by atoms with van der Waals surface area (Å²) in [7, 11) is 1.86. The number of hydrogen-bond donors (Lipinski definition) is 4. The van der Waals surface area contributed by atoms with Crippen molar-refractivity contribution in [2.75, 3.05) is 20.1 Å². The Kier molecular flexibility index (Phi) is 5.89.